The van der Waals surface area contributed by atoms with Gasteiger partial charge in [-0.05, 0) is 63.5 Å². The van der Waals surface area contributed by atoms with E-state index >= 15 is 0 Å². The number of hydrogen-bond donors (Lipinski definition) is 3. The Morgan fingerprint density at radius 2 is 1.67 bits per heavy atom. The van der Waals surface area contributed by atoms with Crippen LogP contribution < -0.4 is 0 Å². The van der Waals surface area contributed by atoms with E-state index in [1.165, 1.54) is 13.0 Å². The fraction of sp³-hybridized carbons (Fsp3) is 0.629. The molecule has 6 atom stereocenters. The van der Waals surface area contributed by atoms with Gasteiger partial charge in [0, 0.05) is 19.5 Å². The van der Waals surface area contributed by atoms with Crippen molar-refractivity contribution in [2.24, 2.45) is 10.8 Å². The number of benzene rings is 1. The van der Waals surface area contributed by atoms with Crippen LogP contribution in [-0.4, -0.2) is 93.2 Å². The van der Waals surface area contributed by atoms with Gasteiger partial charge in [-0.25, -0.2) is 4.79 Å². The van der Waals surface area contributed by atoms with Gasteiger partial charge >= 0.3 is 11.9 Å². The predicted molar refractivity (Wildman–Crippen MR) is 172 cm³/mol. The number of nitrogens with zero attached hydrogens (tertiary/aromatic N) is 1. The molecule has 2 heterocycles. The van der Waals surface area contributed by atoms with Gasteiger partial charge in [-0.2, -0.15) is 0 Å². The van der Waals surface area contributed by atoms with Crippen molar-refractivity contribution in [3.63, 3.8) is 0 Å². The molecule has 1 aromatic carbocycles. The van der Waals surface area contributed by atoms with Crippen molar-refractivity contribution in [2.45, 2.75) is 101 Å². The molecule has 1 aromatic rings. The highest BCUT2D eigenvalue weighted by molar-refractivity contribution is 5.93. The van der Waals surface area contributed by atoms with Crippen LogP contribution in [0.4, 0.5) is 0 Å². The number of carbonyl (C=O) groups excluding carboxylic acids is 3. The van der Waals surface area contributed by atoms with Crippen LogP contribution in [0.1, 0.15) is 72.3 Å². The summed E-state index contributed by atoms with van der Waals surface area (Å²) in [4.78, 5) is 41.7. The predicted octanol–water partition coefficient (Wildman–Crippen LogP) is 3.40. The minimum Gasteiger partial charge on any atom is -0.453 e. The second kappa shape index (κ2) is 12.5. The van der Waals surface area contributed by atoms with E-state index in [-0.39, 0.29) is 25.4 Å². The average molecular weight is 662 g/mol. The average Bonchev–Trinajstić information content (AvgIpc) is 2.99. The number of esters is 2. The Balaban J connectivity index is 0.00000480. The molecule has 2 aliphatic carbocycles. The van der Waals surface area contributed by atoms with Crippen molar-refractivity contribution >= 4 is 30.1 Å². The first kappa shape index (κ1) is 36.2. The largest absolute Gasteiger partial charge is 0.453 e. The number of ketones is 1. The lowest BCUT2D eigenvalue weighted by Crippen LogP contribution is -2.81. The topological polar surface area (TPSA) is 143 Å². The first-order valence-electron chi connectivity index (χ1n) is 15.8. The number of rotatable bonds is 7. The third kappa shape index (κ3) is 5.75. The van der Waals surface area contributed by atoms with Crippen LogP contribution in [0.2, 0.25) is 0 Å². The minimum absolute atomic E-state index is 0. The summed E-state index contributed by atoms with van der Waals surface area (Å²) in [7, 11) is 0. The van der Waals surface area contributed by atoms with Gasteiger partial charge in [0.25, 0.3) is 0 Å². The molecule has 254 valence electrons. The van der Waals surface area contributed by atoms with Crippen LogP contribution in [0.25, 0.3) is 0 Å². The number of Topliss-reactive ketones (excluding diaryl/α,β-unsaturated/α-hetero) is 1. The molecule has 0 bridgehead atoms. The molecule has 2 saturated heterocycles. The molecule has 0 spiro atoms. The second-order valence-corrected chi connectivity index (χ2v) is 14.5. The first-order chi connectivity index (χ1) is 20.9. The molecular weight excluding hydrogens is 614 g/mol. The van der Waals surface area contributed by atoms with Crippen molar-refractivity contribution in [2.75, 3.05) is 26.2 Å². The van der Waals surface area contributed by atoms with Crippen molar-refractivity contribution < 1.29 is 43.9 Å². The highest BCUT2D eigenvalue weighted by Crippen LogP contribution is 2.64. The maximum absolute atomic E-state index is 14.0. The Morgan fingerprint density at radius 1 is 1.04 bits per heavy atom. The third-order valence-electron chi connectivity index (χ3n) is 11.1. The molecule has 0 unspecified atom stereocenters. The van der Waals surface area contributed by atoms with Gasteiger partial charge in [-0.15, -0.1) is 19.0 Å². The summed E-state index contributed by atoms with van der Waals surface area (Å²) in [5, 5.41) is 34.9. The Bertz CT molecular complexity index is 1390. The zero-order valence-corrected chi connectivity index (χ0v) is 28.2. The molecule has 4 aliphatic rings. The monoisotopic (exact) mass is 661 g/mol. The summed E-state index contributed by atoms with van der Waals surface area (Å²) >= 11 is 0. The SMILES string of the molecule is C=C[C@@]1(C)CC(=O)[C@@]2(O)[C@](C)(O1)[C@@H](OC(=O)COC(=O)CN1CCC(O)(c3ccccc3)CC1)C=C1C(C)(C)CC[C@H](O)[C@@]12C.Cl. The van der Waals surface area contributed by atoms with Crippen molar-refractivity contribution in [3.05, 3.63) is 60.2 Å². The quantitative estimate of drug-likeness (QED) is 0.294. The summed E-state index contributed by atoms with van der Waals surface area (Å²) < 4.78 is 17.6. The summed E-state index contributed by atoms with van der Waals surface area (Å²) in [5.74, 6) is -2.02. The fourth-order valence-corrected chi connectivity index (χ4v) is 8.26. The number of carbonyl (C=O) groups is 3. The molecule has 1 saturated carbocycles. The van der Waals surface area contributed by atoms with E-state index in [4.69, 9.17) is 14.2 Å². The Kier molecular flexibility index (Phi) is 9.81. The van der Waals surface area contributed by atoms with Crippen LogP contribution in [0.15, 0.2) is 54.6 Å². The number of aliphatic hydroxyl groups excluding tert-OH is 1. The molecule has 0 radical (unpaired) electrons. The Hall–Kier alpha value is -2.60. The van der Waals surface area contributed by atoms with Gasteiger partial charge in [-0.1, -0.05) is 55.8 Å². The van der Waals surface area contributed by atoms with E-state index in [0.717, 1.165) is 5.56 Å². The third-order valence-corrected chi connectivity index (χ3v) is 11.1. The van der Waals surface area contributed by atoms with E-state index in [9.17, 15) is 29.7 Å². The number of ether oxygens (including phenoxy) is 3. The molecule has 3 fully saturated rings. The second-order valence-electron chi connectivity index (χ2n) is 14.5. The van der Waals surface area contributed by atoms with Crippen LogP contribution in [0, 0.1) is 10.8 Å². The van der Waals surface area contributed by atoms with E-state index in [2.05, 4.69) is 6.58 Å². The van der Waals surface area contributed by atoms with Gasteiger partial charge in [0.05, 0.1) is 29.3 Å². The molecule has 2 aliphatic heterocycles. The number of hydrogen-bond acceptors (Lipinski definition) is 10. The van der Waals surface area contributed by atoms with Gasteiger partial charge in [0.2, 0.25) is 0 Å². The van der Waals surface area contributed by atoms with Gasteiger partial charge in [0.15, 0.2) is 24.1 Å². The molecule has 11 heteroatoms. The van der Waals surface area contributed by atoms with Crippen molar-refractivity contribution in [3.8, 4) is 0 Å². The molecular formula is C35H48ClNO9. The number of likely N-dealkylation sites (tertiary alicyclic amines) is 1. The van der Waals surface area contributed by atoms with E-state index in [1.54, 1.807) is 19.9 Å². The Labute approximate surface area is 277 Å². The molecule has 0 amide bonds. The van der Waals surface area contributed by atoms with Crippen molar-refractivity contribution in [1.82, 2.24) is 4.90 Å². The summed E-state index contributed by atoms with van der Waals surface area (Å²) in [6, 6.07) is 9.45. The lowest BCUT2D eigenvalue weighted by Gasteiger charge is -2.66. The lowest BCUT2D eigenvalue weighted by atomic mass is 9.44. The molecule has 10 nitrogen and oxygen atoms in total. The number of halogens is 1. The van der Waals surface area contributed by atoms with Crippen molar-refractivity contribution in [1.29, 1.82) is 0 Å². The van der Waals surface area contributed by atoms with Crippen LogP contribution in [0.3, 0.4) is 0 Å². The van der Waals surface area contributed by atoms with Crippen LogP contribution >= 0.6 is 12.4 Å². The summed E-state index contributed by atoms with van der Waals surface area (Å²) in [6.45, 7) is 12.9. The molecule has 46 heavy (non-hydrogen) atoms. The molecule has 0 aromatic heterocycles. The number of piperidine rings is 1. The highest BCUT2D eigenvalue weighted by atomic mass is 35.5. The minimum atomic E-state index is -2.23. The van der Waals surface area contributed by atoms with E-state index < -0.39 is 69.8 Å². The zero-order valence-electron chi connectivity index (χ0n) is 27.4. The van der Waals surface area contributed by atoms with E-state index in [1.807, 2.05) is 49.1 Å². The van der Waals surface area contributed by atoms with Gasteiger partial charge in [0.1, 0.15) is 5.60 Å². The Morgan fingerprint density at radius 3 is 2.28 bits per heavy atom. The molecule has 5 rings (SSSR count). The zero-order chi connectivity index (χ0) is 33.1. The first-order valence-corrected chi connectivity index (χ1v) is 15.8. The maximum atomic E-state index is 14.0. The standard InChI is InChI=1S/C35H47NO9.ClH/c1-7-31(4)20-26(38)35(42)32(5)24(30(2,3)14-13-25(32)37)19-27(33(35,6)45-31)44-29(40)22-43-28(39)21-36-17-15-34(41,16-18-36)23-11-9-8-10-12-23;/h7-12,19,25,27,37,41-42H,1,13-18,20-22H2,2-6H3;1H/t25-,27-,31-,32+,33+,35-;/m0./s1. The lowest BCUT2D eigenvalue weighted by molar-refractivity contribution is -0.305. The summed E-state index contributed by atoms with van der Waals surface area (Å²) in [5.41, 5.74) is -6.61. The van der Waals surface area contributed by atoms with Crippen LogP contribution in [0.5, 0.6) is 0 Å². The van der Waals surface area contributed by atoms with E-state index in [0.29, 0.717) is 44.3 Å². The maximum Gasteiger partial charge on any atom is 0.344 e. The fourth-order valence-electron chi connectivity index (χ4n) is 8.26. The normalized spacial score (nSPS) is 36.6. The molecule has 3 N–H and O–H groups in total. The highest BCUT2D eigenvalue weighted by Gasteiger charge is 2.76. The van der Waals surface area contributed by atoms with Crippen LogP contribution in [-0.2, 0) is 34.2 Å². The van der Waals surface area contributed by atoms with Gasteiger partial charge < -0.3 is 29.5 Å². The number of fused-ring (bicyclic) bond motifs is 3. The number of aliphatic hydroxyl groups is 3. The summed E-state index contributed by atoms with van der Waals surface area (Å²) in [6.07, 6.45) is 2.61. The smallest absolute Gasteiger partial charge is 0.344 e. The van der Waals surface area contributed by atoms with Gasteiger partial charge in [-0.3, -0.25) is 14.5 Å².